The summed E-state index contributed by atoms with van der Waals surface area (Å²) in [5.74, 6) is 1.70. The SMILES string of the molecule is Nc1cccc(Cl)c1OCC1COc2ccccc21. The Balaban J connectivity index is 1.75. The van der Waals surface area contributed by atoms with Crippen molar-refractivity contribution < 1.29 is 9.47 Å². The second-order valence-electron chi connectivity index (χ2n) is 4.51. The first-order chi connectivity index (χ1) is 9.25. The van der Waals surface area contributed by atoms with Crippen molar-refractivity contribution in [2.24, 2.45) is 0 Å². The predicted octanol–water partition coefficient (Wildman–Crippen LogP) is 3.48. The molecule has 0 aromatic heterocycles. The third-order valence-electron chi connectivity index (χ3n) is 3.23. The van der Waals surface area contributed by atoms with Crippen LogP contribution in [-0.4, -0.2) is 13.2 Å². The van der Waals surface area contributed by atoms with Gasteiger partial charge in [0, 0.05) is 5.56 Å². The summed E-state index contributed by atoms with van der Waals surface area (Å²) >= 11 is 6.08. The number of anilines is 1. The standard InChI is InChI=1S/C15H14ClNO2/c16-12-5-3-6-13(17)15(12)19-9-10-8-18-14-7-2-1-4-11(10)14/h1-7,10H,8-9,17H2. The lowest BCUT2D eigenvalue weighted by Gasteiger charge is -2.14. The number of fused-ring (bicyclic) bond motifs is 1. The van der Waals surface area contributed by atoms with Crippen molar-refractivity contribution >= 4 is 17.3 Å². The number of benzene rings is 2. The Morgan fingerprint density at radius 2 is 2.05 bits per heavy atom. The molecule has 0 amide bonds. The molecule has 98 valence electrons. The molecule has 1 heterocycles. The summed E-state index contributed by atoms with van der Waals surface area (Å²) < 4.78 is 11.4. The Morgan fingerprint density at radius 3 is 2.89 bits per heavy atom. The van der Waals surface area contributed by atoms with Crippen molar-refractivity contribution in [3.05, 3.63) is 53.1 Å². The van der Waals surface area contributed by atoms with Crippen molar-refractivity contribution in [1.29, 1.82) is 0 Å². The fraction of sp³-hybridized carbons (Fsp3) is 0.200. The van der Waals surface area contributed by atoms with Gasteiger partial charge in [-0.2, -0.15) is 0 Å². The summed E-state index contributed by atoms with van der Waals surface area (Å²) in [5, 5.41) is 0.534. The maximum atomic E-state index is 6.08. The number of nitrogens with two attached hydrogens (primary N) is 1. The van der Waals surface area contributed by atoms with E-state index in [-0.39, 0.29) is 5.92 Å². The molecule has 0 saturated heterocycles. The van der Waals surface area contributed by atoms with Crippen LogP contribution in [0.1, 0.15) is 11.5 Å². The highest BCUT2D eigenvalue weighted by Crippen LogP contribution is 2.36. The number of rotatable bonds is 3. The van der Waals surface area contributed by atoms with Gasteiger partial charge in [-0.3, -0.25) is 0 Å². The maximum absolute atomic E-state index is 6.08. The summed E-state index contributed by atoms with van der Waals surface area (Å²) in [6, 6.07) is 13.4. The highest BCUT2D eigenvalue weighted by molar-refractivity contribution is 6.32. The normalized spacial score (nSPS) is 16.8. The van der Waals surface area contributed by atoms with Crippen LogP contribution in [0.2, 0.25) is 5.02 Å². The van der Waals surface area contributed by atoms with Gasteiger partial charge in [0.1, 0.15) is 5.75 Å². The van der Waals surface area contributed by atoms with Crippen LogP contribution in [-0.2, 0) is 0 Å². The average molecular weight is 276 g/mol. The minimum absolute atomic E-state index is 0.215. The Morgan fingerprint density at radius 1 is 1.21 bits per heavy atom. The highest BCUT2D eigenvalue weighted by Gasteiger charge is 2.24. The first kappa shape index (κ1) is 12.2. The van der Waals surface area contributed by atoms with Crippen molar-refractivity contribution in [2.75, 3.05) is 18.9 Å². The van der Waals surface area contributed by atoms with Crippen LogP contribution in [0.4, 0.5) is 5.69 Å². The van der Waals surface area contributed by atoms with Crippen LogP contribution in [0.15, 0.2) is 42.5 Å². The van der Waals surface area contributed by atoms with E-state index < -0.39 is 0 Å². The number of para-hydroxylation sites is 2. The first-order valence-corrected chi connectivity index (χ1v) is 6.52. The number of hydrogen-bond acceptors (Lipinski definition) is 3. The minimum atomic E-state index is 0.215. The lowest BCUT2D eigenvalue weighted by Crippen LogP contribution is -2.12. The molecule has 1 aliphatic rings. The molecule has 2 aromatic rings. The smallest absolute Gasteiger partial charge is 0.160 e. The fourth-order valence-electron chi connectivity index (χ4n) is 2.23. The van der Waals surface area contributed by atoms with Crippen LogP contribution in [0.5, 0.6) is 11.5 Å². The van der Waals surface area contributed by atoms with E-state index in [0.29, 0.717) is 29.7 Å². The van der Waals surface area contributed by atoms with Gasteiger partial charge in [-0.25, -0.2) is 0 Å². The van der Waals surface area contributed by atoms with Gasteiger partial charge in [-0.05, 0) is 18.2 Å². The average Bonchev–Trinajstić information content (AvgIpc) is 2.82. The Kier molecular flexibility index (Phi) is 3.22. The molecular formula is C15H14ClNO2. The number of ether oxygens (including phenoxy) is 2. The third kappa shape index (κ3) is 2.34. The Labute approximate surface area is 116 Å². The lowest BCUT2D eigenvalue weighted by molar-refractivity contribution is 0.249. The molecule has 1 atom stereocenters. The topological polar surface area (TPSA) is 44.5 Å². The van der Waals surface area contributed by atoms with Crippen LogP contribution in [0.25, 0.3) is 0 Å². The van der Waals surface area contributed by atoms with Gasteiger partial charge in [0.2, 0.25) is 0 Å². The molecule has 2 N–H and O–H groups in total. The molecular weight excluding hydrogens is 262 g/mol. The molecule has 0 spiro atoms. The number of halogens is 1. The highest BCUT2D eigenvalue weighted by atomic mass is 35.5. The lowest BCUT2D eigenvalue weighted by atomic mass is 10.0. The zero-order chi connectivity index (χ0) is 13.2. The van der Waals surface area contributed by atoms with Gasteiger partial charge < -0.3 is 15.2 Å². The van der Waals surface area contributed by atoms with Crippen LogP contribution in [0.3, 0.4) is 0 Å². The first-order valence-electron chi connectivity index (χ1n) is 6.14. The fourth-order valence-corrected chi connectivity index (χ4v) is 2.47. The molecule has 2 aromatic carbocycles. The number of hydrogen-bond donors (Lipinski definition) is 1. The van der Waals surface area contributed by atoms with E-state index in [2.05, 4.69) is 6.07 Å². The summed E-state index contributed by atoms with van der Waals surface area (Å²) in [4.78, 5) is 0. The van der Waals surface area contributed by atoms with E-state index in [9.17, 15) is 0 Å². The Hall–Kier alpha value is -1.87. The zero-order valence-electron chi connectivity index (χ0n) is 10.3. The molecule has 0 bridgehead atoms. The van der Waals surface area contributed by atoms with E-state index in [4.69, 9.17) is 26.8 Å². The molecule has 4 heteroatoms. The van der Waals surface area contributed by atoms with Gasteiger partial charge in [0.05, 0.1) is 29.8 Å². The van der Waals surface area contributed by atoms with Crippen molar-refractivity contribution in [2.45, 2.75) is 5.92 Å². The van der Waals surface area contributed by atoms with Gasteiger partial charge >= 0.3 is 0 Å². The maximum Gasteiger partial charge on any atom is 0.160 e. The molecule has 3 rings (SSSR count). The van der Waals surface area contributed by atoms with Gasteiger partial charge in [0.25, 0.3) is 0 Å². The molecule has 0 saturated carbocycles. The largest absolute Gasteiger partial charge is 0.493 e. The predicted molar refractivity (Wildman–Crippen MR) is 76.0 cm³/mol. The molecule has 1 aliphatic heterocycles. The second-order valence-corrected chi connectivity index (χ2v) is 4.92. The van der Waals surface area contributed by atoms with Crippen LogP contribution < -0.4 is 15.2 Å². The Bertz CT molecular complexity index is 580. The quantitative estimate of drug-likeness (QED) is 0.872. The van der Waals surface area contributed by atoms with Gasteiger partial charge in [-0.15, -0.1) is 0 Å². The van der Waals surface area contributed by atoms with E-state index in [1.54, 1.807) is 18.2 Å². The third-order valence-corrected chi connectivity index (χ3v) is 3.52. The van der Waals surface area contributed by atoms with E-state index in [1.807, 2.05) is 18.2 Å². The van der Waals surface area contributed by atoms with Gasteiger partial charge in [-0.1, -0.05) is 35.9 Å². The number of nitrogen functional groups attached to an aromatic ring is 1. The summed E-state index contributed by atoms with van der Waals surface area (Å²) in [5.41, 5.74) is 7.59. The molecule has 19 heavy (non-hydrogen) atoms. The summed E-state index contributed by atoms with van der Waals surface area (Å²) in [6.45, 7) is 1.13. The molecule has 0 radical (unpaired) electrons. The molecule has 1 unspecified atom stereocenters. The summed E-state index contributed by atoms with van der Waals surface area (Å²) in [6.07, 6.45) is 0. The van der Waals surface area contributed by atoms with Crippen molar-refractivity contribution in [3.8, 4) is 11.5 Å². The van der Waals surface area contributed by atoms with Crippen LogP contribution >= 0.6 is 11.6 Å². The summed E-state index contributed by atoms with van der Waals surface area (Å²) in [7, 11) is 0. The zero-order valence-corrected chi connectivity index (χ0v) is 11.1. The molecule has 3 nitrogen and oxygen atoms in total. The van der Waals surface area contributed by atoms with Crippen molar-refractivity contribution in [1.82, 2.24) is 0 Å². The van der Waals surface area contributed by atoms with Crippen LogP contribution in [0, 0.1) is 0 Å². The minimum Gasteiger partial charge on any atom is -0.493 e. The van der Waals surface area contributed by atoms with Gasteiger partial charge in [0.15, 0.2) is 5.75 Å². The van der Waals surface area contributed by atoms with Crippen molar-refractivity contribution in [3.63, 3.8) is 0 Å². The molecule has 0 fully saturated rings. The van der Waals surface area contributed by atoms with E-state index >= 15 is 0 Å². The van der Waals surface area contributed by atoms with E-state index in [1.165, 1.54) is 5.56 Å². The monoisotopic (exact) mass is 275 g/mol. The second kappa shape index (κ2) is 5.02. The molecule has 0 aliphatic carbocycles. The van der Waals surface area contributed by atoms with E-state index in [0.717, 1.165) is 5.75 Å².